The summed E-state index contributed by atoms with van der Waals surface area (Å²) in [5, 5.41) is 17.3. The summed E-state index contributed by atoms with van der Waals surface area (Å²) in [5.74, 6) is 0. The van der Waals surface area contributed by atoms with Crippen LogP contribution in [-0.4, -0.2) is 37.7 Å². The van der Waals surface area contributed by atoms with Crippen molar-refractivity contribution in [3.8, 4) is 0 Å². The molecule has 1 fully saturated rings. The van der Waals surface area contributed by atoms with Crippen molar-refractivity contribution < 1.29 is 23.4 Å². The fourth-order valence-electron chi connectivity index (χ4n) is 1.95. The van der Waals surface area contributed by atoms with Gasteiger partial charge in [-0.2, -0.15) is 13.2 Å². The Bertz CT molecular complexity index is 612. The van der Waals surface area contributed by atoms with Crippen molar-refractivity contribution in [2.45, 2.75) is 29.3 Å². The average molecular weight is 312 g/mol. The van der Waals surface area contributed by atoms with Crippen LogP contribution in [0.4, 0.5) is 13.2 Å². The predicted octanol–water partition coefficient (Wildman–Crippen LogP) is -0.0873. The third kappa shape index (κ3) is 2.76. The van der Waals surface area contributed by atoms with E-state index in [1.165, 1.54) is 0 Å². The first kappa shape index (κ1) is 15.1. The molecule has 3 N–H and O–H groups in total. The van der Waals surface area contributed by atoms with Crippen LogP contribution in [0.2, 0.25) is 0 Å². The molecule has 1 aromatic rings. The summed E-state index contributed by atoms with van der Waals surface area (Å²) in [4.78, 5) is 24.4. The number of alkyl halides is 3. The molecular weight excluding hydrogens is 301 g/mol. The van der Waals surface area contributed by atoms with Crippen molar-refractivity contribution in [1.29, 1.82) is 0 Å². The normalized spacial score (nSPS) is 26.9. The highest BCUT2D eigenvalue weighted by molar-refractivity contribution is 8.00. The number of aromatic amines is 1. The van der Waals surface area contributed by atoms with E-state index < -0.39 is 39.7 Å². The molecule has 20 heavy (non-hydrogen) atoms. The lowest BCUT2D eigenvalue weighted by atomic mass is 10.2. The van der Waals surface area contributed by atoms with E-state index in [9.17, 15) is 27.9 Å². The zero-order chi connectivity index (χ0) is 15.1. The number of aliphatic hydroxyl groups is 2. The van der Waals surface area contributed by atoms with E-state index in [4.69, 9.17) is 5.11 Å². The number of rotatable bonds is 2. The summed E-state index contributed by atoms with van der Waals surface area (Å²) in [6.45, 7) is -0.355. The van der Waals surface area contributed by atoms with Crippen molar-refractivity contribution in [1.82, 2.24) is 9.55 Å². The van der Waals surface area contributed by atoms with E-state index in [1.807, 2.05) is 0 Å². The van der Waals surface area contributed by atoms with Gasteiger partial charge in [0.25, 0.3) is 5.56 Å². The number of aromatic nitrogens is 2. The largest absolute Gasteiger partial charge is 0.423 e. The Morgan fingerprint density at radius 2 is 2.10 bits per heavy atom. The maximum absolute atomic E-state index is 12.6. The molecule has 1 aliphatic rings. The van der Waals surface area contributed by atoms with Gasteiger partial charge in [0.15, 0.2) is 0 Å². The van der Waals surface area contributed by atoms with Crippen LogP contribution in [0.5, 0.6) is 0 Å². The molecule has 0 radical (unpaired) electrons. The van der Waals surface area contributed by atoms with Crippen LogP contribution >= 0.6 is 11.8 Å². The van der Waals surface area contributed by atoms with Crippen molar-refractivity contribution in [3.63, 3.8) is 0 Å². The second-order valence-corrected chi connectivity index (χ2v) is 5.74. The van der Waals surface area contributed by atoms with Crippen LogP contribution in [0, 0.1) is 0 Å². The number of thioether (sulfide) groups is 1. The standard InChI is InChI=1S/C10H11F3N2O4S/c11-10(12,13)4-2-15(9(19)14-8(4)18)7-1-5(17)6(3-16)20-7/h2,5-7,16-17H,1,3H2,(H,14,18,19)/t5-,6+,7+/m0/s1. The lowest BCUT2D eigenvalue weighted by Gasteiger charge is -2.15. The minimum absolute atomic E-state index is 0.0130. The molecule has 0 amide bonds. The maximum Gasteiger partial charge on any atom is 0.423 e. The van der Waals surface area contributed by atoms with Crippen LogP contribution in [0.15, 0.2) is 15.8 Å². The van der Waals surface area contributed by atoms with Crippen LogP contribution in [0.3, 0.4) is 0 Å². The fraction of sp³-hybridized carbons (Fsp3) is 0.600. The van der Waals surface area contributed by atoms with E-state index in [0.717, 1.165) is 16.3 Å². The van der Waals surface area contributed by atoms with Gasteiger partial charge in [-0.1, -0.05) is 0 Å². The first-order valence-corrected chi connectivity index (χ1v) is 6.55. The van der Waals surface area contributed by atoms with Gasteiger partial charge in [-0.25, -0.2) is 4.79 Å². The Morgan fingerprint density at radius 1 is 1.45 bits per heavy atom. The molecule has 1 saturated heterocycles. The SMILES string of the molecule is O=c1[nH]c(=O)n([C@H]2C[C@H](O)[C@@H](CO)S2)cc1C(F)(F)F. The average Bonchev–Trinajstić information content (AvgIpc) is 2.68. The number of halogens is 3. The van der Waals surface area contributed by atoms with Crippen LogP contribution < -0.4 is 11.2 Å². The zero-order valence-corrected chi connectivity index (χ0v) is 10.7. The molecule has 0 bridgehead atoms. The van der Waals surface area contributed by atoms with Gasteiger partial charge >= 0.3 is 11.9 Å². The van der Waals surface area contributed by atoms with Crippen molar-refractivity contribution in [2.24, 2.45) is 0 Å². The number of nitrogens with one attached hydrogen (secondary N) is 1. The molecule has 2 rings (SSSR count). The van der Waals surface area contributed by atoms with E-state index >= 15 is 0 Å². The molecule has 3 atom stereocenters. The van der Waals surface area contributed by atoms with Gasteiger partial charge in [-0.15, -0.1) is 11.8 Å². The van der Waals surface area contributed by atoms with Crippen molar-refractivity contribution in [3.05, 3.63) is 32.6 Å². The molecule has 112 valence electrons. The molecule has 1 aliphatic heterocycles. The molecule has 2 heterocycles. The second-order valence-electron chi connectivity index (χ2n) is 4.32. The third-order valence-electron chi connectivity index (χ3n) is 2.97. The molecule has 0 aliphatic carbocycles. The van der Waals surface area contributed by atoms with E-state index in [2.05, 4.69) is 0 Å². The molecular formula is C10H11F3N2O4S. The van der Waals surface area contributed by atoms with E-state index in [1.54, 1.807) is 4.98 Å². The van der Waals surface area contributed by atoms with Gasteiger partial charge in [-0.05, 0) is 0 Å². The van der Waals surface area contributed by atoms with E-state index in [0.29, 0.717) is 6.20 Å². The number of nitrogens with zero attached hydrogens (tertiary/aromatic N) is 1. The highest BCUT2D eigenvalue weighted by Gasteiger charge is 2.38. The number of hydrogen-bond acceptors (Lipinski definition) is 5. The molecule has 10 heteroatoms. The van der Waals surface area contributed by atoms with Crippen LogP contribution in [-0.2, 0) is 6.18 Å². The first-order valence-electron chi connectivity index (χ1n) is 5.61. The van der Waals surface area contributed by atoms with Gasteiger partial charge in [0.2, 0.25) is 0 Å². The quantitative estimate of drug-likeness (QED) is 0.709. The molecule has 0 aromatic carbocycles. The van der Waals surface area contributed by atoms with Crippen LogP contribution in [0.25, 0.3) is 0 Å². The lowest BCUT2D eigenvalue weighted by molar-refractivity contribution is -0.139. The Balaban J connectivity index is 2.43. The summed E-state index contributed by atoms with van der Waals surface area (Å²) in [6.07, 6.45) is -5.34. The molecule has 6 nitrogen and oxygen atoms in total. The monoisotopic (exact) mass is 312 g/mol. The summed E-state index contributed by atoms with van der Waals surface area (Å²) >= 11 is 0.985. The highest BCUT2D eigenvalue weighted by atomic mass is 32.2. The Labute approximate surface area is 114 Å². The van der Waals surface area contributed by atoms with E-state index in [-0.39, 0.29) is 13.0 Å². The predicted molar refractivity (Wildman–Crippen MR) is 64.5 cm³/mol. The summed E-state index contributed by atoms with van der Waals surface area (Å²) < 4.78 is 38.6. The van der Waals surface area contributed by atoms with Gasteiger partial charge in [0.05, 0.1) is 23.3 Å². The Kier molecular flexibility index (Phi) is 3.98. The Hall–Kier alpha value is -1.26. The molecule has 1 aromatic heterocycles. The zero-order valence-electron chi connectivity index (χ0n) is 9.92. The van der Waals surface area contributed by atoms with Gasteiger partial charge in [0.1, 0.15) is 5.56 Å². The summed E-state index contributed by atoms with van der Waals surface area (Å²) in [5.41, 5.74) is -3.95. The molecule has 0 unspecified atom stereocenters. The number of H-pyrrole nitrogens is 1. The van der Waals surface area contributed by atoms with Crippen molar-refractivity contribution >= 4 is 11.8 Å². The third-order valence-corrected chi connectivity index (χ3v) is 4.51. The van der Waals surface area contributed by atoms with Gasteiger partial charge in [0, 0.05) is 12.6 Å². The molecule has 0 spiro atoms. The maximum atomic E-state index is 12.6. The number of hydrogen-bond donors (Lipinski definition) is 3. The minimum atomic E-state index is -4.87. The summed E-state index contributed by atoms with van der Waals surface area (Å²) in [7, 11) is 0. The first-order chi connectivity index (χ1) is 9.24. The minimum Gasteiger partial charge on any atom is -0.395 e. The highest BCUT2D eigenvalue weighted by Crippen LogP contribution is 2.40. The Morgan fingerprint density at radius 3 is 2.60 bits per heavy atom. The topological polar surface area (TPSA) is 95.3 Å². The van der Waals surface area contributed by atoms with Crippen molar-refractivity contribution in [2.75, 3.05) is 6.61 Å². The smallest absolute Gasteiger partial charge is 0.395 e. The van der Waals surface area contributed by atoms with Gasteiger partial charge in [-0.3, -0.25) is 14.3 Å². The van der Waals surface area contributed by atoms with Gasteiger partial charge < -0.3 is 10.2 Å². The molecule has 0 saturated carbocycles. The second kappa shape index (κ2) is 5.26. The summed E-state index contributed by atoms with van der Waals surface area (Å²) in [6, 6.07) is 0. The number of aliphatic hydroxyl groups excluding tert-OH is 2. The fourth-order valence-corrected chi connectivity index (χ4v) is 3.33. The van der Waals surface area contributed by atoms with Crippen LogP contribution in [0.1, 0.15) is 17.4 Å². The lowest BCUT2D eigenvalue weighted by Crippen LogP contribution is -2.35.